The Bertz CT molecular complexity index is 1090. The number of fused-ring (bicyclic) bond motifs is 1. The van der Waals surface area contributed by atoms with E-state index in [-0.39, 0.29) is 6.10 Å². The molecular formula is C21H20N4O2. The summed E-state index contributed by atoms with van der Waals surface area (Å²) in [6.45, 7) is 4.02. The van der Waals surface area contributed by atoms with Gasteiger partial charge in [0.15, 0.2) is 5.65 Å². The summed E-state index contributed by atoms with van der Waals surface area (Å²) < 4.78 is 13.1. The highest BCUT2D eigenvalue weighted by atomic mass is 16.5. The number of pyridine rings is 1. The van der Waals surface area contributed by atoms with Gasteiger partial charge in [0.05, 0.1) is 37.0 Å². The Morgan fingerprint density at radius 3 is 2.67 bits per heavy atom. The SMILES string of the molecule is COc1cc(-c2cnc3cnc(-c4cccc(OC(C)C)c4)cn23)ccn1. The van der Waals surface area contributed by atoms with Gasteiger partial charge in [0, 0.05) is 29.6 Å². The number of hydrogen-bond acceptors (Lipinski definition) is 5. The van der Waals surface area contributed by atoms with Crippen molar-refractivity contribution in [3.63, 3.8) is 0 Å². The number of hydrogen-bond donors (Lipinski definition) is 0. The van der Waals surface area contributed by atoms with Crippen molar-refractivity contribution in [1.82, 2.24) is 19.4 Å². The van der Waals surface area contributed by atoms with Crippen molar-refractivity contribution in [1.29, 1.82) is 0 Å². The van der Waals surface area contributed by atoms with Crippen LogP contribution in [0.2, 0.25) is 0 Å². The Balaban J connectivity index is 1.78. The minimum absolute atomic E-state index is 0.123. The molecule has 0 bridgehead atoms. The lowest BCUT2D eigenvalue weighted by Crippen LogP contribution is -2.05. The number of nitrogens with zero attached hydrogens (tertiary/aromatic N) is 4. The maximum Gasteiger partial charge on any atom is 0.213 e. The van der Waals surface area contributed by atoms with Crippen molar-refractivity contribution < 1.29 is 9.47 Å². The first kappa shape index (κ1) is 17.0. The third-order valence-electron chi connectivity index (χ3n) is 4.14. The van der Waals surface area contributed by atoms with Crippen molar-refractivity contribution in [3.8, 4) is 34.1 Å². The zero-order valence-electron chi connectivity index (χ0n) is 15.5. The number of imidazole rings is 1. The maximum absolute atomic E-state index is 5.80. The smallest absolute Gasteiger partial charge is 0.213 e. The molecule has 0 radical (unpaired) electrons. The first-order valence-corrected chi connectivity index (χ1v) is 8.74. The molecule has 136 valence electrons. The van der Waals surface area contributed by atoms with Crippen molar-refractivity contribution in [3.05, 3.63) is 61.2 Å². The van der Waals surface area contributed by atoms with Gasteiger partial charge in [-0.25, -0.2) is 9.97 Å². The van der Waals surface area contributed by atoms with Crippen molar-refractivity contribution in [2.75, 3.05) is 7.11 Å². The second kappa shape index (κ2) is 7.07. The predicted octanol–water partition coefficient (Wildman–Crippen LogP) is 4.25. The van der Waals surface area contributed by atoms with E-state index in [0.29, 0.717) is 5.88 Å². The van der Waals surface area contributed by atoms with Crippen LogP contribution in [0.5, 0.6) is 11.6 Å². The molecule has 0 aliphatic carbocycles. The summed E-state index contributed by atoms with van der Waals surface area (Å²) >= 11 is 0. The topological polar surface area (TPSA) is 61.5 Å². The molecular weight excluding hydrogens is 340 g/mol. The van der Waals surface area contributed by atoms with Crippen LogP contribution >= 0.6 is 0 Å². The second-order valence-corrected chi connectivity index (χ2v) is 6.43. The molecule has 0 spiro atoms. The zero-order chi connectivity index (χ0) is 18.8. The summed E-state index contributed by atoms with van der Waals surface area (Å²) in [5.41, 5.74) is 4.53. The van der Waals surface area contributed by atoms with E-state index in [1.165, 1.54) is 0 Å². The number of methoxy groups -OCH3 is 1. The molecule has 0 amide bonds. The van der Waals surface area contributed by atoms with E-state index >= 15 is 0 Å². The average Bonchev–Trinajstić information content (AvgIpc) is 3.11. The Kier molecular flexibility index (Phi) is 4.46. The maximum atomic E-state index is 5.80. The fourth-order valence-corrected chi connectivity index (χ4v) is 2.93. The second-order valence-electron chi connectivity index (χ2n) is 6.43. The van der Waals surface area contributed by atoms with Crippen LogP contribution in [0.25, 0.3) is 28.2 Å². The van der Waals surface area contributed by atoms with Gasteiger partial charge < -0.3 is 9.47 Å². The van der Waals surface area contributed by atoms with Gasteiger partial charge in [-0.1, -0.05) is 12.1 Å². The van der Waals surface area contributed by atoms with Crippen LogP contribution in [0.1, 0.15) is 13.8 Å². The highest BCUT2D eigenvalue weighted by Gasteiger charge is 2.10. The zero-order valence-corrected chi connectivity index (χ0v) is 15.5. The van der Waals surface area contributed by atoms with Gasteiger partial charge in [0.2, 0.25) is 5.88 Å². The minimum Gasteiger partial charge on any atom is -0.491 e. The standard InChI is InChI=1S/C21H20N4O2/c1-14(2)27-17-6-4-5-15(9-17)18-13-25-19(11-24-20(25)12-23-18)16-7-8-22-21(10-16)26-3/h4-14H,1-3H3. The fraction of sp³-hybridized carbons (Fsp3) is 0.190. The van der Waals surface area contributed by atoms with E-state index in [9.17, 15) is 0 Å². The van der Waals surface area contributed by atoms with Crippen LogP contribution in [-0.4, -0.2) is 32.6 Å². The highest BCUT2D eigenvalue weighted by molar-refractivity contribution is 5.67. The van der Waals surface area contributed by atoms with Gasteiger partial charge in [-0.15, -0.1) is 0 Å². The fourth-order valence-electron chi connectivity index (χ4n) is 2.93. The van der Waals surface area contributed by atoms with Crippen LogP contribution in [-0.2, 0) is 0 Å². The normalized spacial score (nSPS) is 11.1. The largest absolute Gasteiger partial charge is 0.491 e. The van der Waals surface area contributed by atoms with Crippen LogP contribution in [0.15, 0.2) is 61.2 Å². The van der Waals surface area contributed by atoms with E-state index in [4.69, 9.17) is 9.47 Å². The molecule has 1 aromatic carbocycles. The monoisotopic (exact) mass is 360 g/mol. The lowest BCUT2D eigenvalue weighted by atomic mass is 10.1. The molecule has 4 rings (SSSR count). The summed E-state index contributed by atoms with van der Waals surface area (Å²) in [5.74, 6) is 1.39. The Labute approximate surface area is 157 Å². The van der Waals surface area contributed by atoms with E-state index < -0.39 is 0 Å². The van der Waals surface area contributed by atoms with Crippen LogP contribution in [0.3, 0.4) is 0 Å². The summed E-state index contributed by atoms with van der Waals surface area (Å²) in [6, 6.07) is 11.8. The van der Waals surface area contributed by atoms with E-state index in [1.807, 2.05) is 67.0 Å². The van der Waals surface area contributed by atoms with Crippen molar-refractivity contribution in [2.45, 2.75) is 20.0 Å². The molecule has 4 aromatic rings. The van der Waals surface area contributed by atoms with Crippen LogP contribution < -0.4 is 9.47 Å². The van der Waals surface area contributed by atoms with Crippen molar-refractivity contribution >= 4 is 5.65 Å². The van der Waals surface area contributed by atoms with E-state index in [1.54, 1.807) is 19.5 Å². The highest BCUT2D eigenvalue weighted by Crippen LogP contribution is 2.27. The summed E-state index contributed by atoms with van der Waals surface area (Å²) in [6.07, 6.45) is 7.43. The Morgan fingerprint density at radius 2 is 1.85 bits per heavy atom. The molecule has 0 unspecified atom stereocenters. The van der Waals surface area contributed by atoms with Gasteiger partial charge in [-0.05, 0) is 32.0 Å². The molecule has 0 aliphatic rings. The third kappa shape index (κ3) is 3.46. The predicted molar refractivity (Wildman–Crippen MR) is 104 cm³/mol. The van der Waals surface area contributed by atoms with Gasteiger partial charge in [0.1, 0.15) is 5.75 Å². The quantitative estimate of drug-likeness (QED) is 0.532. The summed E-state index contributed by atoms with van der Waals surface area (Å²) in [7, 11) is 1.61. The third-order valence-corrected chi connectivity index (χ3v) is 4.14. The first-order chi connectivity index (χ1) is 13.1. The van der Waals surface area contributed by atoms with Gasteiger partial charge in [-0.3, -0.25) is 9.38 Å². The van der Waals surface area contributed by atoms with Gasteiger partial charge in [-0.2, -0.15) is 0 Å². The summed E-state index contributed by atoms with van der Waals surface area (Å²) in [5, 5.41) is 0. The molecule has 3 heterocycles. The Morgan fingerprint density at radius 1 is 0.963 bits per heavy atom. The molecule has 0 saturated heterocycles. The molecule has 0 aliphatic heterocycles. The molecule has 0 fully saturated rings. The first-order valence-electron chi connectivity index (χ1n) is 8.74. The van der Waals surface area contributed by atoms with Crippen molar-refractivity contribution in [2.24, 2.45) is 0 Å². The van der Waals surface area contributed by atoms with Gasteiger partial charge in [0.25, 0.3) is 0 Å². The molecule has 6 nitrogen and oxygen atoms in total. The molecule has 0 saturated carbocycles. The van der Waals surface area contributed by atoms with Crippen LogP contribution in [0, 0.1) is 0 Å². The Hall–Kier alpha value is -3.41. The molecule has 3 aromatic heterocycles. The van der Waals surface area contributed by atoms with E-state index in [0.717, 1.165) is 33.9 Å². The number of rotatable bonds is 5. The van der Waals surface area contributed by atoms with E-state index in [2.05, 4.69) is 15.0 Å². The molecule has 0 atom stereocenters. The molecule has 6 heteroatoms. The lowest BCUT2D eigenvalue weighted by Gasteiger charge is -2.11. The number of ether oxygens (including phenoxy) is 2. The van der Waals surface area contributed by atoms with Gasteiger partial charge >= 0.3 is 0 Å². The number of benzene rings is 1. The summed E-state index contributed by atoms with van der Waals surface area (Å²) in [4.78, 5) is 13.2. The number of aromatic nitrogens is 4. The molecule has 0 N–H and O–H groups in total. The minimum atomic E-state index is 0.123. The van der Waals surface area contributed by atoms with Crippen LogP contribution in [0.4, 0.5) is 0 Å². The lowest BCUT2D eigenvalue weighted by molar-refractivity contribution is 0.242. The average molecular weight is 360 g/mol. The molecule has 27 heavy (non-hydrogen) atoms.